The second-order valence-corrected chi connectivity index (χ2v) is 5.56. The molecule has 1 fully saturated rings. The van der Waals surface area contributed by atoms with Gasteiger partial charge < -0.3 is 15.6 Å². The molecule has 19 heavy (non-hydrogen) atoms. The summed E-state index contributed by atoms with van der Waals surface area (Å²) in [5, 5.41) is 3.11. The van der Waals surface area contributed by atoms with Crippen LogP contribution in [0.3, 0.4) is 0 Å². The molecule has 3 N–H and O–H groups in total. The summed E-state index contributed by atoms with van der Waals surface area (Å²) in [4.78, 5) is 16.3. The summed E-state index contributed by atoms with van der Waals surface area (Å²) in [6.07, 6.45) is 9.84. The van der Waals surface area contributed by atoms with Crippen LogP contribution in [0.5, 0.6) is 0 Å². The number of imidazole rings is 1. The van der Waals surface area contributed by atoms with Gasteiger partial charge in [-0.1, -0.05) is 12.8 Å². The van der Waals surface area contributed by atoms with Crippen LogP contribution in [0.25, 0.3) is 0 Å². The van der Waals surface area contributed by atoms with Crippen molar-refractivity contribution in [2.45, 2.75) is 45.2 Å². The normalized spacial score (nSPS) is 24.9. The predicted molar refractivity (Wildman–Crippen MR) is 74.3 cm³/mol. The van der Waals surface area contributed by atoms with Crippen LogP contribution in [0.4, 0.5) is 0 Å². The third-order valence-electron chi connectivity index (χ3n) is 3.98. The Kier molecular flexibility index (Phi) is 4.96. The highest BCUT2D eigenvalue weighted by atomic mass is 16.2. The fourth-order valence-corrected chi connectivity index (χ4v) is 2.94. The van der Waals surface area contributed by atoms with Crippen molar-refractivity contribution in [3.63, 3.8) is 0 Å². The summed E-state index contributed by atoms with van der Waals surface area (Å²) in [7, 11) is 0. The number of hydrogen-bond donors (Lipinski definition) is 2. The van der Waals surface area contributed by atoms with E-state index in [1.54, 1.807) is 12.5 Å². The molecule has 5 nitrogen and oxygen atoms in total. The van der Waals surface area contributed by atoms with Gasteiger partial charge in [-0.3, -0.25) is 4.79 Å². The standard InChI is InChI=1S/C14H24N4O/c1-11(9-18-7-6-16-10-18)17-14(19)13-5-3-2-4-12(13)8-15/h6-7,10-13H,2-5,8-9,15H2,1H3,(H,17,19). The maximum Gasteiger partial charge on any atom is 0.223 e. The Hall–Kier alpha value is -1.36. The van der Waals surface area contributed by atoms with E-state index in [1.807, 2.05) is 17.7 Å². The molecule has 3 unspecified atom stereocenters. The predicted octanol–water partition coefficient (Wildman–Crippen LogP) is 1.15. The lowest BCUT2D eigenvalue weighted by molar-refractivity contribution is -0.128. The Morgan fingerprint density at radius 3 is 3.00 bits per heavy atom. The summed E-state index contributed by atoms with van der Waals surface area (Å²) in [5.41, 5.74) is 5.78. The van der Waals surface area contributed by atoms with Gasteiger partial charge in [0.1, 0.15) is 0 Å². The van der Waals surface area contributed by atoms with Gasteiger partial charge >= 0.3 is 0 Å². The van der Waals surface area contributed by atoms with E-state index < -0.39 is 0 Å². The minimum Gasteiger partial charge on any atom is -0.352 e. The molecule has 0 saturated heterocycles. The van der Waals surface area contributed by atoms with E-state index in [4.69, 9.17) is 5.73 Å². The molecule has 0 radical (unpaired) electrons. The molecule has 106 valence electrons. The number of rotatable bonds is 5. The van der Waals surface area contributed by atoms with Crippen molar-refractivity contribution in [1.29, 1.82) is 0 Å². The van der Waals surface area contributed by atoms with E-state index in [9.17, 15) is 4.79 Å². The van der Waals surface area contributed by atoms with E-state index >= 15 is 0 Å². The van der Waals surface area contributed by atoms with Crippen LogP contribution >= 0.6 is 0 Å². The first kappa shape index (κ1) is 14.1. The third kappa shape index (κ3) is 3.80. The average Bonchev–Trinajstić information content (AvgIpc) is 2.91. The first-order valence-electron chi connectivity index (χ1n) is 7.17. The largest absolute Gasteiger partial charge is 0.352 e. The van der Waals surface area contributed by atoms with E-state index in [0.29, 0.717) is 12.5 Å². The van der Waals surface area contributed by atoms with Gasteiger partial charge in [0.05, 0.1) is 6.33 Å². The van der Waals surface area contributed by atoms with Gasteiger partial charge in [-0.05, 0) is 32.2 Å². The zero-order valence-electron chi connectivity index (χ0n) is 11.6. The highest BCUT2D eigenvalue weighted by Gasteiger charge is 2.30. The summed E-state index contributed by atoms with van der Waals surface area (Å²) >= 11 is 0. The van der Waals surface area contributed by atoms with Crippen molar-refractivity contribution in [2.24, 2.45) is 17.6 Å². The monoisotopic (exact) mass is 264 g/mol. The zero-order chi connectivity index (χ0) is 13.7. The average molecular weight is 264 g/mol. The molecule has 5 heteroatoms. The summed E-state index contributed by atoms with van der Waals surface area (Å²) in [6, 6.07) is 0.113. The van der Waals surface area contributed by atoms with Gasteiger partial charge in [0.25, 0.3) is 0 Å². The van der Waals surface area contributed by atoms with Crippen molar-refractivity contribution in [3.8, 4) is 0 Å². The van der Waals surface area contributed by atoms with Gasteiger partial charge in [0.15, 0.2) is 0 Å². The first-order chi connectivity index (χ1) is 9.20. The third-order valence-corrected chi connectivity index (χ3v) is 3.98. The zero-order valence-corrected chi connectivity index (χ0v) is 11.6. The van der Waals surface area contributed by atoms with Crippen LogP contribution in [0.2, 0.25) is 0 Å². The quantitative estimate of drug-likeness (QED) is 0.838. The molecule has 1 amide bonds. The van der Waals surface area contributed by atoms with Crippen molar-refractivity contribution in [2.75, 3.05) is 6.54 Å². The minimum absolute atomic E-state index is 0.101. The summed E-state index contributed by atoms with van der Waals surface area (Å²) < 4.78 is 1.98. The number of hydrogen-bond acceptors (Lipinski definition) is 3. The molecule has 1 aromatic rings. The Labute approximate surface area is 114 Å². The van der Waals surface area contributed by atoms with Crippen molar-refractivity contribution >= 4 is 5.91 Å². The number of nitrogens with two attached hydrogens (primary N) is 1. The lowest BCUT2D eigenvalue weighted by Crippen LogP contribution is -2.44. The smallest absolute Gasteiger partial charge is 0.223 e. The van der Waals surface area contributed by atoms with Gasteiger partial charge in [0, 0.05) is 30.9 Å². The molecule has 1 saturated carbocycles. The molecular formula is C14H24N4O. The number of nitrogens with one attached hydrogen (secondary N) is 1. The highest BCUT2D eigenvalue weighted by molar-refractivity contribution is 5.79. The lowest BCUT2D eigenvalue weighted by Gasteiger charge is -2.30. The molecule has 0 aliphatic heterocycles. The number of carbonyl (C=O) groups excluding carboxylic acids is 1. The number of amides is 1. The van der Waals surface area contributed by atoms with Crippen LogP contribution in [0.15, 0.2) is 18.7 Å². The Balaban J connectivity index is 1.85. The van der Waals surface area contributed by atoms with Crippen LogP contribution in [0.1, 0.15) is 32.6 Å². The second-order valence-electron chi connectivity index (χ2n) is 5.56. The van der Waals surface area contributed by atoms with Gasteiger partial charge in [-0.25, -0.2) is 4.98 Å². The van der Waals surface area contributed by atoms with Gasteiger partial charge in [0.2, 0.25) is 5.91 Å². The van der Waals surface area contributed by atoms with Gasteiger partial charge in [-0.15, -0.1) is 0 Å². The topological polar surface area (TPSA) is 72.9 Å². The second kappa shape index (κ2) is 6.70. The molecule has 0 aromatic carbocycles. The maximum absolute atomic E-state index is 12.3. The Morgan fingerprint density at radius 1 is 1.53 bits per heavy atom. The first-order valence-corrected chi connectivity index (χ1v) is 7.17. The fourth-order valence-electron chi connectivity index (χ4n) is 2.94. The molecule has 2 rings (SSSR count). The van der Waals surface area contributed by atoms with Crippen molar-refractivity contribution < 1.29 is 4.79 Å². The highest BCUT2D eigenvalue weighted by Crippen LogP contribution is 2.29. The Bertz CT molecular complexity index is 390. The molecule has 3 atom stereocenters. The minimum atomic E-state index is 0.101. The van der Waals surface area contributed by atoms with Crippen molar-refractivity contribution in [1.82, 2.24) is 14.9 Å². The molecule has 1 aromatic heterocycles. The lowest BCUT2D eigenvalue weighted by atomic mass is 9.78. The maximum atomic E-state index is 12.3. The van der Waals surface area contributed by atoms with E-state index in [1.165, 1.54) is 6.42 Å². The van der Waals surface area contributed by atoms with Crippen molar-refractivity contribution in [3.05, 3.63) is 18.7 Å². The van der Waals surface area contributed by atoms with Gasteiger partial charge in [-0.2, -0.15) is 0 Å². The SMILES string of the molecule is CC(Cn1ccnc1)NC(=O)C1CCCCC1CN. The van der Waals surface area contributed by atoms with Crippen LogP contribution in [-0.2, 0) is 11.3 Å². The van der Waals surface area contributed by atoms with E-state index in [-0.39, 0.29) is 17.9 Å². The molecule has 1 aliphatic carbocycles. The molecule has 0 bridgehead atoms. The number of nitrogens with zero attached hydrogens (tertiary/aromatic N) is 2. The fraction of sp³-hybridized carbons (Fsp3) is 0.714. The van der Waals surface area contributed by atoms with Crippen LogP contribution in [-0.4, -0.2) is 28.0 Å². The summed E-state index contributed by atoms with van der Waals surface area (Å²) in [5.74, 6) is 0.626. The van der Waals surface area contributed by atoms with Crippen LogP contribution < -0.4 is 11.1 Å². The van der Waals surface area contributed by atoms with Crippen LogP contribution in [0, 0.1) is 11.8 Å². The number of aromatic nitrogens is 2. The Morgan fingerprint density at radius 2 is 2.32 bits per heavy atom. The van der Waals surface area contributed by atoms with E-state index in [0.717, 1.165) is 25.8 Å². The van der Waals surface area contributed by atoms with E-state index in [2.05, 4.69) is 10.3 Å². The molecule has 1 aliphatic rings. The molecule has 1 heterocycles. The molecule has 0 spiro atoms. The summed E-state index contributed by atoms with van der Waals surface area (Å²) in [6.45, 7) is 3.40. The molecular weight excluding hydrogens is 240 g/mol. The number of carbonyl (C=O) groups is 1.